The first-order chi connectivity index (χ1) is 10.1. The van der Waals surface area contributed by atoms with Crippen LogP contribution in [0.1, 0.15) is 33.6 Å². The lowest BCUT2D eigenvalue weighted by molar-refractivity contribution is 0.297. The van der Waals surface area contributed by atoms with Gasteiger partial charge >= 0.3 is 0 Å². The summed E-state index contributed by atoms with van der Waals surface area (Å²) in [5, 5.41) is 4.08. The van der Waals surface area contributed by atoms with E-state index in [1.165, 1.54) is 11.3 Å². The van der Waals surface area contributed by atoms with Gasteiger partial charge in [-0.05, 0) is 37.1 Å². The molecule has 1 aliphatic rings. The highest BCUT2D eigenvalue weighted by Gasteiger charge is 2.12. The Hall–Kier alpha value is -0.870. The largest absolute Gasteiger partial charge is 0.490 e. The van der Waals surface area contributed by atoms with Crippen molar-refractivity contribution in [2.75, 3.05) is 26.3 Å². The van der Waals surface area contributed by atoms with Crippen LogP contribution in [0, 0.1) is 5.92 Å². The molecule has 0 aliphatic carbocycles. The summed E-state index contributed by atoms with van der Waals surface area (Å²) < 4.78 is 11.4. The van der Waals surface area contributed by atoms with Gasteiger partial charge in [-0.3, -0.25) is 0 Å². The quantitative estimate of drug-likeness (QED) is 0.610. The smallest absolute Gasteiger partial charge is 0.162 e. The average molecular weight is 309 g/mol. The minimum atomic E-state index is 0.543. The van der Waals surface area contributed by atoms with Gasteiger partial charge in [0.25, 0.3) is 0 Å². The zero-order valence-corrected chi connectivity index (χ0v) is 14.2. The van der Waals surface area contributed by atoms with E-state index < -0.39 is 0 Å². The summed E-state index contributed by atoms with van der Waals surface area (Å²) >= 11 is 1.88. The first-order valence-electron chi connectivity index (χ1n) is 7.92. The molecular weight excluding hydrogens is 282 g/mol. The second-order valence-electron chi connectivity index (χ2n) is 5.97. The van der Waals surface area contributed by atoms with Crippen LogP contribution in [0.15, 0.2) is 23.1 Å². The molecule has 1 atom stereocenters. The van der Waals surface area contributed by atoms with Crippen molar-refractivity contribution in [2.24, 2.45) is 5.92 Å². The molecule has 3 nitrogen and oxygen atoms in total. The van der Waals surface area contributed by atoms with Crippen molar-refractivity contribution >= 4 is 11.8 Å². The lowest BCUT2D eigenvalue weighted by Gasteiger charge is -2.14. The normalized spacial score (nSPS) is 15.8. The maximum atomic E-state index is 5.74. The molecular formula is C17H27NO2S. The first kappa shape index (κ1) is 16.5. The van der Waals surface area contributed by atoms with Crippen LogP contribution in [-0.2, 0) is 0 Å². The number of hydrogen-bond donors (Lipinski definition) is 1. The van der Waals surface area contributed by atoms with Gasteiger partial charge in [0, 0.05) is 23.1 Å². The molecule has 0 fully saturated rings. The van der Waals surface area contributed by atoms with E-state index in [4.69, 9.17) is 9.47 Å². The number of hydrogen-bond acceptors (Lipinski definition) is 4. The lowest BCUT2D eigenvalue weighted by Crippen LogP contribution is -2.24. The Morgan fingerprint density at radius 2 is 1.90 bits per heavy atom. The van der Waals surface area contributed by atoms with Crippen LogP contribution in [0.4, 0.5) is 0 Å². The minimum absolute atomic E-state index is 0.543. The average Bonchev–Trinajstić information content (AvgIpc) is 2.68. The first-order valence-corrected chi connectivity index (χ1v) is 8.80. The molecule has 118 valence electrons. The zero-order valence-electron chi connectivity index (χ0n) is 13.4. The van der Waals surface area contributed by atoms with Gasteiger partial charge in [-0.25, -0.2) is 0 Å². The summed E-state index contributed by atoms with van der Waals surface area (Å²) in [6.45, 7) is 10.4. The Balaban J connectivity index is 1.81. The Morgan fingerprint density at radius 3 is 2.67 bits per heavy atom. The number of fused-ring (bicyclic) bond motifs is 1. The predicted octanol–water partition coefficient (Wildman–Crippen LogP) is 3.96. The second-order valence-corrected chi connectivity index (χ2v) is 7.49. The van der Waals surface area contributed by atoms with Gasteiger partial charge in [0.1, 0.15) is 0 Å². The maximum absolute atomic E-state index is 5.74. The molecule has 1 unspecified atom stereocenters. The van der Waals surface area contributed by atoms with Crippen molar-refractivity contribution in [3.8, 4) is 11.5 Å². The van der Waals surface area contributed by atoms with Crippen LogP contribution >= 0.6 is 11.8 Å². The van der Waals surface area contributed by atoms with Crippen molar-refractivity contribution in [1.29, 1.82) is 0 Å². The van der Waals surface area contributed by atoms with Gasteiger partial charge in [-0.1, -0.05) is 20.8 Å². The highest BCUT2D eigenvalue weighted by atomic mass is 32.2. The van der Waals surface area contributed by atoms with Gasteiger partial charge in [0.2, 0.25) is 0 Å². The van der Waals surface area contributed by atoms with Crippen LogP contribution in [0.2, 0.25) is 0 Å². The molecule has 4 heteroatoms. The fraction of sp³-hybridized carbons (Fsp3) is 0.647. The van der Waals surface area contributed by atoms with Crippen molar-refractivity contribution in [3.63, 3.8) is 0 Å². The Bertz CT molecular complexity index is 437. The standard InChI is InChI=1S/C17H27NO2S/c1-13(2)7-8-18-12-14(3)21-15-5-6-16-17(11-15)20-10-4-9-19-16/h5-6,11,13-14,18H,4,7-10,12H2,1-3H3. The van der Waals surface area contributed by atoms with E-state index in [0.717, 1.165) is 50.1 Å². The number of benzene rings is 1. The minimum Gasteiger partial charge on any atom is -0.490 e. The molecule has 0 aromatic heterocycles. The molecule has 1 N–H and O–H groups in total. The SMILES string of the molecule is CC(C)CCNCC(C)Sc1ccc2c(c1)OCCCO2. The molecule has 0 saturated heterocycles. The zero-order chi connectivity index (χ0) is 15.1. The molecule has 21 heavy (non-hydrogen) atoms. The molecule has 0 amide bonds. The molecule has 0 radical (unpaired) electrons. The van der Waals surface area contributed by atoms with E-state index in [9.17, 15) is 0 Å². The third-order valence-corrected chi connectivity index (χ3v) is 4.48. The molecule has 1 aliphatic heterocycles. The molecule has 0 spiro atoms. The number of rotatable bonds is 7. The summed E-state index contributed by atoms with van der Waals surface area (Å²) in [5.74, 6) is 2.53. The molecule has 1 heterocycles. The maximum Gasteiger partial charge on any atom is 0.162 e. The molecule has 1 aromatic rings. The van der Waals surface area contributed by atoms with Gasteiger partial charge in [-0.2, -0.15) is 0 Å². The fourth-order valence-corrected chi connectivity index (χ4v) is 3.17. The van der Waals surface area contributed by atoms with Crippen molar-refractivity contribution in [1.82, 2.24) is 5.32 Å². The third kappa shape index (κ3) is 5.79. The monoisotopic (exact) mass is 309 g/mol. The molecule has 1 aromatic carbocycles. The highest BCUT2D eigenvalue weighted by Crippen LogP contribution is 2.35. The van der Waals surface area contributed by atoms with E-state index in [1.807, 2.05) is 17.8 Å². The summed E-state index contributed by atoms with van der Waals surface area (Å²) in [7, 11) is 0. The lowest BCUT2D eigenvalue weighted by atomic mass is 10.1. The van der Waals surface area contributed by atoms with E-state index in [2.05, 4.69) is 38.2 Å². The predicted molar refractivity (Wildman–Crippen MR) is 89.7 cm³/mol. The summed E-state index contributed by atoms with van der Waals surface area (Å²) in [5.41, 5.74) is 0. The highest BCUT2D eigenvalue weighted by molar-refractivity contribution is 8.00. The molecule has 0 bridgehead atoms. The Labute approximate surface area is 132 Å². The van der Waals surface area contributed by atoms with Gasteiger partial charge in [0.15, 0.2) is 11.5 Å². The summed E-state index contributed by atoms with van der Waals surface area (Å²) in [6.07, 6.45) is 2.19. The van der Waals surface area contributed by atoms with E-state index in [1.54, 1.807) is 0 Å². The Kier molecular flexibility index (Phi) is 6.71. The van der Waals surface area contributed by atoms with Crippen LogP contribution in [-0.4, -0.2) is 31.6 Å². The second kappa shape index (κ2) is 8.54. The molecule has 2 rings (SSSR count). The van der Waals surface area contributed by atoms with E-state index >= 15 is 0 Å². The summed E-state index contributed by atoms with van der Waals surface area (Å²) in [4.78, 5) is 1.25. The topological polar surface area (TPSA) is 30.5 Å². The summed E-state index contributed by atoms with van der Waals surface area (Å²) in [6, 6.07) is 6.26. The van der Waals surface area contributed by atoms with Gasteiger partial charge in [0.05, 0.1) is 13.2 Å². The number of thioether (sulfide) groups is 1. The van der Waals surface area contributed by atoms with Crippen LogP contribution in [0.25, 0.3) is 0 Å². The van der Waals surface area contributed by atoms with Gasteiger partial charge < -0.3 is 14.8 Å². The number of ether oxygens (including phenoxy) is 2. The Morgan fingerprint density at radius 1 is 1.14 bits per heavy atom. The van der Waals surface area contributed by atoms with Gasteiger partial charge in [-0.15, -0.1) is 11.8 Å². The van der Waals surface area contributed by atoms with Crippen LogP contribution in [0.3, 0.4) is 0 Å². The van der Waals surface area contributed by atoms with Crippen molar-refractivity contribution in [2.45, 2.75) is 43.8 Å². The third-order valence-electron chi connectivity index (χ3n) is 3.39. The van der Waals surface area contributed by atoms with E-state index in [-0.39, 0.29) is 0 Å². The number of nitrogens with one attached hydrogen (secondary N) is 1. The van der Waals surface area contributed by atoms with Crippen LogP contribution in [0.5, 0.6) is 11.5 Å². The van der Waals surface area contributed by atoms with Crippen LogP contribution < -0.4 is 14.8 Å². The molecule has 0 saturated carbocycles. The van der Waals surface area contributed by atoms with E-state index in [0.29, 0.717) is 5.25 Å². The van der Waals surface area contributed by atoms with Crippen molar-refractivity contribution in [3.05, 3.63) is 18.2 Å². The van der Waals surface area contributed by atoms with Crippen molar-refractivity contribution < 1.29 is 9.47 Å². The fourth-order valence-electron chi connectivity index (χ4n) is 2.19.